The first-order chi connectivity index (χ1) is 9.71. The van der Waals surface area contributed by atoms with Crippen LogP contribution in [0.3, 0.4) is 0 Å². The second kappa shape index (κ2) is 6.72. The van der Waals surface area contributed by atoms with Gasteiger partial charge in [-0.05, 0) is 19.1 Å². The zero-order valence-corrected chi connectivity index (χ0v) is 12.3. The molecule has 2 unspecified atom stereocenters. The SMILES string of the molecule is CCNc1ccccc1C(=O)N1CC(OC)C(OC)C1. The van der Waals surface area contributed by atoms with E-state index >= 15 is 0 Å². The number of para-hydroxylation sites is 1. The number of ether oxygens (including phenoxy) is 2. The molecule has 0 saturated carbocycles. The number of anilines is 1. The van der Waals surface area contributed by atoms with Crippen LogP contribution in [0.25, 0.3) is 0 Å². The van der Waals surface area contributed by atoms with Crippen LogP contribution in [0, 0.1) is 0 Å². The molecule has 5 nitrogen and oxygen atoms in total. The number of amides is 1. The Kier molecular flexibility index (Phi) is 4.98. The molecule has 2 rings (SSSR count). The van der Waals surface area contributed by atoms with Crippen molar-refractivity contribution >= 4 is 11.6 Å². The molecule has 0 bridgehead atoms. The van der Waals surface area contributed by atoms with E-state index < -0.39 is 0 Å². The van der Waals surface area contributed by atoms with Gasteiger partial charge < -0.3 is 19.7 Å². The number of nitrogens with one attached hydrogen (secondary N) is 1. The molecule has 110 valence electrons. The summed E-state index contributed by atoms with van der Waals surface area (Å²) in [5.74, 6) is 0.0168. The Morgan fingerprint density at radius 1 is 1.25 bits per heavy atom. The van der Waals surface area contributed by atoms with E-state index in [0.717, 1.165) is 12.2 Å². The monoisotopic (exact) mass is 278 g/mol. The van der Waals surface area contributed by atoms with Crippen LogP contribution in [0.15, 0.2) is 24.3 Å². The van der Waals surface area contributed by atoms with Crippen LogP contribution < -0.4 is 5.32 Å². The molecule has 1 aliphatic heterocycles. The van der Waals surface area contributed by atoms with Gasteiger partial charge in [-0.2, -0.15) is 0 Å². The maximum Gasteiger partial charge on any atom is 0.256 e. The van der Waals surface area contributed by atoms with Gasteiger partial charge >= 0.3 is 0 Å². The number of nitrogens with zero attached hydrogens (tertiary/aromatic N) is 1. The number of hydrogen-bond acceptors (Lipinski definition) is 4. The fourth-order valence-electron chi connectivity index (χ4n) is 2.55. The van der Waals surface area contributed by atoms with E-state index in [2.05, 4.69) is 5.32 Å². The highest BCUT2D eigenvalue weighted by atomic mass is 16.5. The van der Waals surface area contributed by atoms with Crippen LogP contribution in [0.5, 0.6) is 0 Å². The highest BCUT2D eigenvalue weighted by Crippen LogP contribution is 2.22. The topological polar surface area (TPSA) is 50.8 Å². The van der Waals surface area contributed by atoms with Crippen LogP contribution in [-0.2, 0) is 9.47 Å². The molecule has 1 aromatic rings. The van der Waals surface area contributed by atoms with Crippen LogP contribution in [0.4, 0.5) is 5.69 Å². The molecule has 0 radical (unpaired) electrons. The van der Waals surface area contributed by atoms with Crippen LogP contribution >= 0.6 is 0 Å². The van der Waals surface area contributed by atoms with Gasteiger partial charge in [0.05, 0.1) is 5.56 Å². The van der Waals surface area contributed by atoms with Gasteiger partial charge in [0.1, 0.15) is 12.2 Å². The van der Waals surface area contributed by atoms with Crippen molar-refractivity contribution in [1.29, 1.82) is 0 Å². The number of carbonyl (C=O) groups excluding carboxylic acids is 1. The van der Waals surface area contributed by atoms with Crippen molar-refractivity contribution in [2.45, 2.75) is 19.1 Å². The molecule has 1 aromatic carbocycles. The summed E-state index contributed by atoms with van der Waals surface area (Å²) in [6.45, 7) is 3.92. The lowest BCUT2D eigenvalue weighted by molar-refractivity contribution is -0.00461. The molecule has 20 heavy (non-hydrogen) atoms. The number of carbonyl (C=O) groups is 1. The third-order valence-corrected chi connectivity index (χ3v) is 3.63. The van der Waals surface area contributed by atoms with Crippen molar-refractivity contribution < 1.29 is 14.3 Å². The van der Waals surface area contributed by atoms with E-state index in [1.807, 2.05) is 31.2 Å². The zero-order valence-electron chi connectivity index (χ0n) is 12.3. The Labute approximate surface area is 119 Å². The summed E-state index contributed by atoms with van der Waals surface area (Å²) in [5, 5.41) is 3.22. The molecule has 1 heterocycles. The first kappa shape index (κ1) is 14.8. The lowest BCUT2D eigenvalue weighted by atomic mass is 10.1. The Bertz CT molecular complexity index is 452. The number of rotatable bonds is 5. The summed E-state index contributed by atoms with van der Waals surface area (Å²) in [5.41, 5.74) is 1.57. The first-order valence-corrected chi connectivity index (χ1v) is 6.89. The Balaban J connectivity index is 2.16. The summed E-state index contributed by atoms with van der Waals surface area (Å²) in [6.07, 6.45) is -0.120. The average molecular weight is 278 g/mol. The van der Waals surface area contributed by atoms with Crippen molar-refractivity contribution in [3.05, 3.63) is 29.8 Å². The third-order valence-electron chi connectivity index (χ3n) is 3.63. The lowest BCUT2D eigenvalue weighted by Crippen LogP contribution is -2.30. The van der Waals surface area contributed by atoms with E-state index in [9.17, 15) is 4.79 Å². The van der Waals surface area contributed by atoms with E-state index in [1.165, 1.54) is 0 Å². The van der Waals surface area contributed by atoms with Crippen LogP contribution in [0.1, 0.15) is 17.3 Å². The van der Waals surface area contributed by atoms with Gasteiger partial charge in [-0.1, -0.05) is 12.1 Å². The largest absolute Gasteiger partial charge is 0.385 e. The minimum atomic E-state index is -0.0600. The summed E-state index contributed by atoms with van der Waals surface area (Å²) in [6, 6.07) is 7.58. The summed E-state index contributed by atoms with van der Waals surface area (Å²) >= 11 is 0. The van der Waals surface area contributed by atoms with Gasteiger partial charge in [0.25, 0.3) is 5.91 Å². The molecule has 0 aromatic heterocycles. The maximum absolute atomic E-state index is 12.6. The number of hydrogen-bond donors (Lipinski definition) is 1. The second-order valence-corrected chi connectivity index (χ2v) is 4.83. The van der Waals surface area contributed by atoms with Gasteiger partial charge in [0, 0.05) is 39.5 Å². The Morgan fingerprint density at radius 2 is 1.85 bits per heavy atom. The average Bonchev–Trinajstić information content (AvgIpc) is 2.91. The molecule has 1 N–H and O–H groups in total. The molecule has 2 atom stereocenters. The Hall–Kier alpha value is -1.59. The van der Waals surface area contributed by atoms with Crippen molar-refractivity contribution in [2.24, 2.45) is 0 Å². The second-order valence-electron chi connectivity index (χ2n) is 4.83. The molecule has 1 aliphatic rings. The third kappa shape index (κ3) is 2.94. The number of methoxy groups -OCH3 is 2. The predicted molar refractivity (Wildman–Crippen MR) is 78.1 cm³/mol. The molecule has 1 amide bonds. The van der Waals surface area contributed by atoms with Gasteiger partial charge in [0.2, 0.25) is 0 Å². The molecule has 1 fully saturated rings. The standard InChI is InChI=1S/C15H22N2O3/c1-4-16-12-8-6-5-7-11(12)15(18)17-9-13(19-2)14(10-17)20-3/h5-8,13-14,16H,4,9-10H2,1-3H3. The quantitative estimate of drug-likeness (QED) is 0.889. The van der Waals surface area contributed by atoms with Gasteiger partial charge in [0.15, 0.2) is 0 Å². The normalized spacial score (nSPS) is 22.1. The minimum Gasteiger partial charge on any atom is -0.385 e. The fraction of sp³-hybridized carbons (Fsp3) is 0.533. The highest BCUT2D eigenvalue weighted by molar-refractivity contribution is 5.99. The van der Waals surface area contributed by atoms with Gasteiger partial charge in [-0.15, -0.1) is 0 Å². The molecule has 0 aliphatic carbocycles. The Morgan fingerprint density at radius 3 is 2.40 bits per heavy atom. The van der Waals surface area contributed by atoms with E-state index in [-0.39, 0.29) is 18.1 Å². The van der Waals surface area contributed by atoms with Crippen LogP contribution in [0.2, 0.25) is 0 Å². The fourth-order valence-corrected chi connectivity index (χ4v) is 2.55. The molecule has 1 saturated heterocycles. The first-order valence-electron chi connectivity index (χ1n) is 6.89. The van der Waals surface area contributed by atoms with E-state index in [1.54, 1.807) is 19.1 Å². The summed E-state index contributed by atoms with van der Waals surface area (Å²) < 4.78 is 10.7. The number of benzene rings is 1. The summed E-state index contributed by atoms with van der Waals surface area (Å²) in [4.78, 5) is 14.4. The van der Waals surface area contributed by atoms with Crippen LogP contribution in [-0.4, -0.2) is 56.9 Å². The zero-order chi connectivity index (χ0) is 14.5. The number of likely N-dealkylation sites (tertiary alicyclic amines) is 1. The molecular weight excluding hydrogens is 256 g/mol. The van der Waals surface area contributed by atoms with Crippen molar-refractivity contribution in [1.82, 2.24) is 4.90 Å². The van der Waals surface area contributed by atoms with Crippen molar-refractivity contribution in [3.8, 4) is 0 Å². The van der Waals surface area contributed by atoms with E-state index in [4.69, 9.17) is 9.47 Å². The highest BCUT2D eigenvalue weighted by Gasteiger charge is 2.36. The predicted octanol–water partition coefficient (Wildman–Crippen LogP) is 1.60. The maximum atomic E-state index is 12.6. The smallest absolute Gasteiger partial charge is 0.256 e. The lowest BCUT2D eigenvalue weighted by Gasteiger charge is -2.18. The molecular formula is C15H22N2O3. The molecule has 0 spiro atoms. The van der Waals surface area contributed by atoms with Gasteiger partial charge in [-0.3, -0.25) is 4.79 Å². The minimum absolute atomic E-state index is 0.0168. The molecule has 5 heteroatoms. The van der Waals surface area contributed by atoms with Crippen molar-refractivity contribution in [2.75, 3.05) is 39.2 Å². The summed E-state index contributed by atoms with van der Waals surface area (Å²) in [7, 11) is 3.30. The van der Waals surface area contributed by atoms with E-state index in [0.29, 0.717) is 18.7 Å². The van der Waals surface area contributed by atoms with Crippen molar-refractivity contribution in [3.63, 3.8) is 0 Å². The van der Waals surface area contributed by atoms with Gasteiger partial charge in [-0.25, -0.2) is 0 Å².